The number of carbonyl (C=O) groups excluding carboxylic acids is 4. The van der Waals surface area contributed by atoms with E-state index in [9.17, 15) is 19.2 Å². The van der Waals surface area contributed by atoms with Gasteiger partial charge in [0.15, 0.2) is 0 Å². The van der Waals surface area contributed by atoms with Crippen molar-refractivity contribution in [2.75, 3.05) is 20.2 Å². The molecule has 1 unspecified atom stereocenters. The minimum atomic E-state index is -0.642. The minimum absolute atomic E-state index is 0.0834. The predicted molar refractivity (Wildman–Crippen MR) is 156 cm³/mol. The van der Waals surface area contributed by atoms with Gasteiger partial charge in [-0.05, 0) is 81.7 Å². The summed E-state index contributed by atoms with van der Waals surface area (Å²) in [7, 11) is 1.31. The molecule has 10 nitrogen and oxygen atoms in total. The van der Waals surface area contributed by atoms with Crippen LogP contribution in [-0.4, -0.2) is 65.6 Å². The van der Waals surface area contributed by atoms with E-state index >= 15 is 0 Å². The monoisotopic (exact) mass is 579 g/mol. The largest absolute Gasteiger partial charge is 0.469 e. The van der Waals surface area contributed by atoms with Crippen LogP contribution in [0.3, 0.4) is 0 Å². The molecule has 2 aliphatic heterocycles. The Balaban J connectivity index is 1.32. The lowest BCUT2D eigenvalue weighted by atomic mass is 9.90. The fraction of sp³-hybridized carbons (Fsp3) is 0.500. The lowest BCUT2D eigenvalue weighted by molar-refractivity contribution is -0.141. The molecule has 1 saturated heterocycles. The molecule has 1 fully saturated rings. The van der Waals surface area contributed by atoms with E-state index in [0.717, 1.165) is 36.0 Å². The standard InChI is InChI=1S/C32H41N3O7/c1-32(2,3)42-31(39)34-16-14-22(15-17-34)18-21-8-10-23(11-9-21)30(38)41-27-7-5-6-24-19-35(20-25(24)27)26(29(33)37)12-13-28(36)40-4/h5-11,22,26H,12-20H2,1-4H3,(H2,33,37). The Kier molecular flexibility index (Phi) is 9.88. The Morgan fingerprint density at radius 1 is 1.00 bits per heavy atom. The Hall–Kier alpha value is -3.92. The fourth-order valence-corrected chi connectivity index (χ4v) is 5.51. The number of benzene rings is 2. The van der Waals surface area contributed by atoms with Crippen molar-refractivity contribution in [2.24, 2.45) is 11.7 Å². The molecule has 0 radical (unpaired) electrons. The lowest BCUT2D eigenvalue weighted by Crippen LogP contribution is -2.42. The van der Waals surface area contributed by atoms with Crippen LogP contribution in [0.25, 0.3) is 0 Å². The summed E-state index contributed by atoms with van der Waals surface area (Å²) in [5.74, 6) is -0.484. The van der Waals surface area contributed by atoms with E-state index in [0.29, 0.717) is 43.4 Å². The first-order valence-corrected chi connectivity index (χ1v) is 14.4. The normalized spacial score (nSPS) is 16.4. The molecule has 4 rings (SSSR count). The van der Waals surface area contributed by atoms with E-state index in [4.69, 9.17) is 19.9 Å². The van der Waals surface area contributed by atoms with Gasteiger partial charge in [-0.1, -0.05) is 24.3 Å². The zero-order chi connectivity index (χ0) is 30.4. The molecule has 2 N–H and O–H groups in total. The maximum atomic E-state index is 13.0. The minimum Gasteiger partial charge on any atom is -0.469 e. The first-order valence-electron chi connectivity index (χ1n) is 14.4. The van der Waals surface area contributed by atoms with Crippen molar-refractivity contribution in [3.63, 3.8) is 0 Å². The van der Waals surface area contributed by atoms with Crippen LogP contribution in [0.15, 0.2) is 42.5 Å². The molecule has 0 bridgehead atoms. The quantitative estimate of drug-likeness (QED) is 0.346. The second kappa shape index (κ2) is 13.4. The lowest BCUT2D eigenvalue weighted by Gasteiger charge is -2.33. The van der Waals surface area contributed by atoms with Gasteiger partial charge in [0.1, 0.15) is 11.4 Å². The number of fused-ring (bicyclic) bond motifs is 1. The average molecular weight is 580 g/mol. The van der Waals surface area contributed by atoms with Gasteiger partial charge < -0.3 is 24.8 Å². The highest BCUT2D eigenvalue weighted by molar-refractivity contribution is 5.91. The molecule has 2 heterocycles. The fourth-order valence-electron chi connectivity index (χ4n) is 5.51. The van der Waals surface area contributed by atoms with E-state index < -0.39 is 29.5 Å². The van der Waals surface area contributed by atoms with Gasteiger partial charge >= 0.3 is 18.0 Å². The van der Waals surface area contributed by atoms with Crippen LogP contribution in [0.4, 0.5) is 4.79 Å². The third-order valence-corrected chi connectivity index (χ3v) is 7.77. The molecule has 0 spiro atoms. The molecule has 10 heteroatoms. The molecule has 0 aromatic heterocycles. The number of methoxy groups -OCH3 is 1. The highest BCUT2D eigenvalue weighted by Crippen LogP contribution is 2.33. The Morgan fingerprint density at radius 3 is 2.31 bits per heavy atom. The molecule has 2 aromatic carbocycles. The summed E-state index contributed by atoms with van der Waals surface area (Å²) in [6, 6.07) is 12.3. The van der Waals surface area contributed by atoms with E-state index in [1.807, 2.05) is 49.9 Å². The topological polar surface area (TPSA) is 128 Å². The van der Waals surface area contributed by atoms with Gasteiger partial charge in [-0.15, -0.1) is 0 Å². The number of likely N-dealkylation sites (tertiary alicyclic amines) is 1. The maximum Gasteiger partial charge on any atom is 0.410 e. The summed E-state index contributed by atoms with van der Waals surface area (Å²) in [6.45, 7) is 7.79. The Bertz CT molecular complexity index is 1290. The number of rotatable bonds is 9. The summed E-state index contributed by atoms with van der Waals surface area (Å²) < 4.78 is 16.0. The van der Waals surface area contributed by atoms with Gasteiger partial charge in [-0.3, -0.25) is 14.5 Å². The number of amides is 2. The molecule has 2 aromatic rings. The molecular weight excluding hydrogens is 538 g/mol. The number of carbonyl (C=O) groups is 4. The van der Waals surface area contributed by atoms with Crippen LogP contribution in [0.1, 0.15) is 73.5 Å². The molecule has 2 amide bonds. The zero-order valence-electron chi connectivity index (χ0n) is 24.9. The van der Waals surface area contributed by atoms with Crippen LogP contribution >= 0.6 is 0 Å². The first-order chi connectivity index (χ1) is 19.9. The second-order valence-corrected chi connectivity index (χ2v) is 12.0. The van der Waals surface area contributed by atoms with Crippen molar-refractivity contribution in [1.82, 2.24) is 9.80 Å². The molecule has 226 valence electrons. The maximum absolute atomic E-state index is 13.0. The molecule has 42 heavy (non-hydrogen) atoms. The second-order valence-electron chi connectivity index (χ2n) is 12.0. The smallest absolute Gasteiger partial charge is 0.410 e. The van der Waals surface area contributed by atoms with Crippen LogP contribution < -0.4 is 10.5 Å². The highest BCUT2D eigenvalue weighted by Gasteiger charge is 2.32. The van der Waals surface area contributed by atoms with E-state index in [1.54, 1.807) is 23.1 Å². The number of nitrogens with two attached hydrogens (primary N) is 1. The van der Waals surface area contributed by atoms with E-state index in [-0.39, 0.29) is 18.9 Å². The average Bonchev–Trinajstić information content (AvgIpc) is 3.37. The third kappa shape index (κ3) is 8.09. The van der Waals surface area contributed by atoms with Crippen LogP contribution in [0, 0.1) is 5.92 Å². The molecule has 1 atom stereocenters. The van der Waals surface area contributed by atoms with Crippen molar-refractivity contribution in [2.45, 2.75) is 77.6 Å². The van der Waals surface area contributed by atoms with Gasteiger partial charge in [0.25, 0.3) is 0 Å². The van der Waals surface area contributed by atoms with Gasteiger partial charge in [-0.25, -0.2) is 9.59 Å². The summed E-state index contributed by atoms with van der Waals surface area (Å²) in [5, 5.41) is 0. The molecule has 0 aliphatic carbocycles. The Labute approximate surface area is 247 Å². The third-order valence-electron chi connectivity index (χ3n) is 7.77. The zero-order valence-corrected chi connectivity index (χ0v) is 24.9. The van der Waals surface area contributed by atoms with Crippen LogP contribution in [-0.2, 0) is 38.6 Å². The van der Waals surface area contributed by atoms with Crippen molar-refractivity contribution >= 4 is 23.9 Å². The molecule has 0 saturated carbocycles. The number of hydrogen-bond donors (Lipinski definition) is 1. The highest BCUT2D eigenvalue weighted by atomic mass is 16.6. The van der Waals surface area contributed by atoms with Gasteiger partial charge in [0.05, 0.1) is 18.7 Å². The van der Waals surface area contributed by atoms with Crippen LogP contribution in [0.5, 0.6) is 5.75 Å². The summed E-state index contributed by atoms with van der Waals surface area (Å²) in [6.07, 6.45) is 2.75. The number of primary amides is 1. The van der Waals surface area contributed by atoms with Crippen LogP contribution in [0.2, 0.25) is 0 Å². The number of piperidine rings is 1. The van der Waals surface area contributed by atoms with Crippen molar-refractivity contribution in [3.05, 3.63) is 64.7 Å². The van der Waals surface area contributed by atoms with Gasteiger partial charge in [-0.2, -0.15) is 0 Å². The van der Waals surface area contributed by atoms with Crippen molar-refractivity contribution in [3.8, 4) is 5.75 Å². The predicted octanol–water partition coefficient (Wildman–Crippen LogP) is 4.22. The summed E-state index contributed by atoms with van der Waals surface area (Å²) in [5.41, 5.74) is 8.48. The summed E-state index contributed by atoms with van der Waals surface area (Å²) >= 11 is 0. The Morgan fingerprint density at radius 2 is 1.69 bits per heavy atom. The number of esters is 2. The van der Waals surface area contributed by atoms with Gasteiger partial charge in [0, 0.05) is 38.2 Å². The summed E-state index contributed by atoms with van der Waals surface area (Å²) in [4.78, 5) is 52.8. The molecule has 2 aliphatic rings. The number of ether oxygens (including phenoxy) is 3. The molecular formula is C32H41N3O7. The number of hydrogen-bond acceptors (Lipinski definition) is 8. The van der Waals surface area contributed by atoms with E-state index in [2.05, 4.69) is 0 Å². The number of nitrogens with zero attached hydrogens (tertiary/aromatic N) is 2. The first kappa shape index (κ1) is 31.0. The van der Waals surface area contributed by atoms with Crippen molar-refractivity contribution < 1.29 is 33.4 Å². The van der Waals surface area contributed by atoms with Crippen molar-refractivity contribution in [1.29, 1.82) is 0 Å². The SMILES string of the molecule is COC(=O)CCC(C(N)=O)N1Cc2cccc(OC(=O)c3ccc(CC4CCN(C(=O)OC(C)(C)C)CC4)cc3)c2C1. The van der Waals surface area contributed by atoms with Gasteiger partial charge in [0.2, 0.25) is 5.91 Å². The van der Waals surface area contributed by atoms with E-state index in [1.165, 1.54) is 7.11 Å².